The second-order valence-corrected chi connectivity index (χ2v) is 5.56. The third kappa shape index (κ3) is 4.61. The summed E-state index contributed by atoms with van der Waals surface area (Å²) in [6, 6.07) is 7.54. The number of nitrogens with one attached hydrogen (secondary N) is 1. The number of fused-ring (bicyclic) bond motifs is 1. The lowest BCUT2D eigenvalue weighted by Gasteiger charge is -2.24. The summed E-state index contributed by atoms with van der Waals surface area (Å²) in [6.07, 6.45) is 3.87. The lowest BCUT2D eigenvalue weighted by atomic mass is 10.00. The Morgan fingerprint density at radius 2 is 2.24 bits per heavy atom. The molecule has 1 atom stereocenters. The number of nitriles is 1. The van der Waals surface area contributed by atoms with E-state index in [-0.39, 0.29) is 11.7 Å². The maximum absolute atomic E-state index is 12.1. The molecule has 132 valence electrons. The smallest absolute Gasteiger partial charge is 0.261 e. The molecule has 0 aliphatic carbocycles. The summed E-state index contributed by atoms with van der Waals surface area (Å²) in [4.78, 5) is 12.1. The van der Waals surface area contributed by atoms with Gasteiger partial charge in [-0.05, 0) is 37.1 Å². The molecule has 0 radical (unpaired) electrons. The molecule has 1 aliphatic rings. The van der Waals surface area contributed by atoms with Crippen molar-refractivity contribution in [1.82, 2.24) is 5.32 Å². The third-order valence-electron chi connectivity index (χ3n) is 3.80. The van der Waals surface area contributed by atoms with Gasteiger partial charge < -0.3 is 19.5 Å². The molecule has 0 saturated carbocycles. The van der Waals surface area contributed by atoms with Gasteiger partial charge >= 0.3 is 0 Å². The molecule has 1 heterocycles. The van der Waals surface area contributed by atoms with Crippen LogP contribution in [0.4, 0.5) is 0 Å². The predicted molar refractivity (Wildman–Crippen MR) is 94.3 cm³/mol. The van der Waals surface area contributed by atoms with Crippen LogP contribution in [0.3, 0.4) is 0 Å². The highest BCUT2D eigenvalue weighted by atomic mass is 16.5. The van der Waals surface area contributed by atoms with Crippen molar-refractivity contribution in [2.24, 2.45) is 0 Å². The molecule has 1 N–H and O–H groups in total. The zero-order chi connectivity index (χ0) is 18.2. The van der Waals surface area contributed by atoms with Crippen LogP contribution < -0.4 is 14.8 Å². The van der Waals surface area contributed by atoms with Gasteiger partial charge in [-0.1, -0.05) is 12.1 Å². The van der Waals surface area contributed by atoms with E-state index in [1.165, 1.54) is 0 Å². The number of carbonyl (C=O) groups excluding carboxylic acids is 1. The van der Waals surface area contributed by atoms with Crippen molar-refractivity contribution in [1.29, 1.82) is 5.26 Å². The average Bonchev–Trinajstić information content (AvgIpc) is 2.62. The Morgan fingerprint density at radius 3 is 2.92 bits per heavy atom. The van der Waals surface area contributed by atoms with E-state index in [2.05, 4.69) is 5.32 Å². The molecule has 0 aromatic heterocycles. The highest BCUT2D eigenvalue weighted by Crippen LogP contribution is 2.38. The molecular weight excluding hydrogens is 320 g/mol. The fourth-order valence-corrected chi connectivity index (χ4v) is 2.46. The lowest BCUT2D eigenvalue weighted by Crippen LogP contribution is -2.27. The van der Waals surface area contributed by atoms with Gasteiger partial charge in [-0.2, -0.15) is 5.26 Å². The van der Waals surface area contributed by atoms with E-state index in [1.807, 2.05) is 37.3 Å². The van der Waals surface area contributed by atoms with Crippen LogP contribution in [0.5, 0.6) is 11.5 Å². The molecule has 0 spiro atoms. The number of nitrogens with zero attached hydrogens (tertiary/aromatic N) is 1. The maximum Gasteiger partial charge on any atom is 0.261 e. The van der Waals surface area contributed by atoms with Gasteiger partial charge in [0, 0.05) is 25.8 Å². The Morgan fingerprint density at radius 1 is 1.44 bits per heavy atom. The first-order chi connectivity index (χ1) is 12.1. The van der Waals surface area contributed by atoms with Gasteiger partial charge in [0.2, 0.25) is 0 Å². The van der Waals surface area contributed by atoms with Gasteiger partial charge in [0.1, 0.15) is 17.7 Å². The van der Waals surface area contributed by atoms with Gasteiger partial charge in [-0.3, -0.25) is 4.79 Å². The summed E-state index contributed by atoms with van der Waals surface area (Å²) >= 11 is 0. The van der Waals surface area contributed by atoms with Crippen molar-refractivity contribution < 1.29 is 19.0 Å². The summed E-state index contributed by atoms with van der Waals surface area (Å²) in [5, 5.41) is 12.0. The zero-order valence-electron chi connectivity index (χ0n) is 14.7. The SMILES string of the molecule is COCCCNC(=O)/C(C#N)=C\C1=Cc2cccc(OC)c2OC1C. The van der Waals surface area contributed by atoms with E-state index >= 15 is 0 Å². The molecule has 6 heteroatoms. The number of methoxy groups -OCH3 is 2. The van der Waals surface area contributed by atoms with E-state index in [0.717, 1.165) is 11.1 Å². The fraction of sp³-hybridized carbons (Fsp3) is 0.368. The number of rotatable bonds is 7. The van der Waals surface area contributed by atoms with Crippen molar-refractivity contribution in [3.8, 4) is 17.6 Å². The van der Waals surface area contributed by atoms with Gasteiger partial charge in [0.25, 0.3) is 5.91 Å². The van der Waals surface area contributed by atoms with Crippen molar-refractivity contribution in [3.63, 3.8) is 0 Å². The van der Waals surface area contributed by atoms with Crippen molar-refractivity contribution in [2.75, 3.05) is 27.4 Å². The second-order valence-electron chi connectivity index (χ2n) is 5.56. The molecule has 1 unspecified atom stereocenters. The van der Waals surface area contributed by atoms with Crippen LogP contribution in [-0.2, 0) is 9.53 Å². The number of amides is 1. The number of carbonyl (C=O) groups is 1. The second kappa shape index (κ2) is 8.90. The van der Waals surface area contributed by atoms with E-state index in [4.69, 9.17) is 14.2 Å². The molecule has 1 aromatic rings. The standard InChI is InChI=1S/C19H22N2O4/c1-13-15(10-14-6-4-7-17(24-3)18(14)25-13)11-16(12-20)19(22)21-8-5-9-23-2/h4,6-7,10-11,13H,5,8-9H2,1-3H3,(H,21,22)/b16-11-. The molecule has 6 nitrogen and oxygen atoms in total. The number of para-hydroxylation sites is 1. The summed E-state index contributed by atoms with van der Waals surface area (Å²) in [5.41, 5.74) is 1.65. The molecule has 0 bridgehead atoms. The first-order valence-corrected chi connectivity index (χ1v) is 8.05. The Kier molecular flexibility index (Phi) is 6.61. The third-order valence-corrected chi connectivity index (χ3v) is 3.80. The largest absolute Gasteiger partial charge is 0.493 e. The highest BCUT2D eigenvalue weighted by Gasteiger charge is 2.22. The van der Waals surface area contributed by atoms with Crippen LogP contribution in [0.25, 0.3) is 6.08 Å². The molecule has 25 heavy (non-hydrogen) atoms. The Balaban J connectivity index is 2.20. The number of hydrogen-bond donors (Lipinski definition) is 1. The first-order valence-electron chi connectivity index (χ1n) is 8.05. The summed E-state index contributed by atoms with van der Waals surface area (Å²) < 4.78 is 16.1. The van der Waals surface area contributed by atoms with Crippen molar-refractivity contribution in [2.45, 2.75) is 19.4 Å². The van der Waals surface area contributed by atoms with Crippen LogP contribution in [-0.4, -0.2) is 39.4 Å². The normalized spacial score (nSPS) is 16.2. The monoisotopic (exact) mass is 342 g/mol. The topological polar surface area (TPSA) is 80.6 Å². The van der Waals surface area contributed by atoms with Crippen molar-refractivity contribution >= 4 is 12.0 Å². The van der Waals surface area contributed by atoms with E-state index in [0.29, 0.717) is 31.1 Å². The fourth-order valence-electron chi connectivity index (χ4n) is 2.46. The molecule has 1 amide bonds. The summed E-state index contributed by atoms with van der Waals surface area (Å²) in [6.45, 7) is 2.88. The Labute approximate surface area is 147 Å². The van der Waals surface area contributed by atoms with E-state index in [9.17, 15) is 10.1 Å². The maximum atomic E-state index is 12.1. The highest BCUT2D eigenvalue weighted by molar-refractivity contribution is 5.98. The predicted octanol–water partition coefficient (Wildman–Crippen LogP) is 2.46. The Hall–Kier alpha value is -2.78. The lowest BCUT2D eigenvalue weighted by molar-refractivity contribution is -0.117. The van der Waals surface area contributed by atoms with Crippen LogP contribution in [0, 0.1) is 11.3 Å². The number of hydrogen-bond acceptors (Lipinski definition) is 5. The Bertz CT molecular complexity index is 731. The summed E-state index contributed by atoms with van der Waals surface area (Å²) in [7, 11) is 3.19. The number of benzene rings is 1. The van der Waals surface area contributed by atoms with Gasteiger partial charge in [0.15, 0.2) is 11.5 Å². The van der Waals surface area contributed by atoms with Crippen molar-refractivity contribution in [3.05, 3.63) is 41.0 Å². The molecule has 0 saturated heterocycles. The average molecular weight is 342 g/mol. The van der Waals surface area contributed by atoms with Crippen LogP contribution in [0.2, 0.25) is 0 Å². The van der Waals surface area contributed by atoms with Gasteiger partial charge in [-0.25, -0.2) is 0 Å². The van der Waals surface area contributed by atoms with Gasteiger partial charge in [0.05, 0.1) is 7.11 Å². The van der Waals surface area contributed by atoms with E-state index in [1.54, 1.807) is 20.3 Å². The zero-order valence-corrected chi connectivity index (χ0v) is 14.7. The van der Waals surface area contributed by atoms with Gasteiger partial charge in [-0.15, -0.1) is 0 Å². The minimum absolute atomic E-state index is 0.0467. The van der Waals surface area contributed by atoms with Crippen LogP contribution >= 0.6 is 0 Å². The minimum atomic E-state index is -0.400. The minimum Gasteiger partial charge on any atom is -0.493 e. The first kappa shape index (κ1) is 18.6. The molecule has 0 fully saturated rings. The number of ether oxygens (including phenoxy) is 3. The molecular formula is C19H22N2O4. The quantitative estimate of drug-likeness (QED) is 0.468. The molecule has 2 rings (SSSR count). The molecule has 1 aromatic carbocycles. The van der Waals surface area contributed by atoms with Crippen LogP contribution in [0.15, 0.2) is 35.4 Å². The van der Waals surface area contributed by atoms with Crippen LogP contribution in [0.1, 0.15) is 18.9 Å². The molecule has 1 aliphatic heterocycles. The van der Waals surface area contributed by atoms with E-state index < -0.39 is 5.91 Å². The summed E-state index contributed by atoms with van der Waals surface area (Å²) in [5.74, 6) is 0.917.